The van der Waals surface area contributed by atoms with Crippen molar-refractivity contribution in [3.63, 3.8) is 0 Å². The zero-order valence-corrected chi connectivity index (χ0v) is 17.6. The van der Waals surface area contributed by atoms with Gasteiger partial charge in [-0.3, -0.25) is 4.79 Å². The summed E-state index contributed by atoms with van der Waals surface area (Å²) in [5.74, 6) is 4.17. The van der Waals surface area contributed by atoms with Crippen LogP contribution in [0.15, 0.2) is 23.2 Å². The molecule has 0 aromatic heterocycles. The first kappa shape index (κ1) is 18.6. The highest BCUT2D eigenvalue weighted by Crippen LogP contribution is 2.66. The van der Waals surface area contributed by atoms with E-state index in [1.54, 1.807) is 0 Å². The number of carbonyl (C=O) groups excluding carboxylic acids is 1. The summed E-state index contributed by atoms with van der Waals surface area (Å²) in [6.07, 6.45) is 11.0. The highest BCUT2D eigenvalue weighted by molar-refractivity contribution is 5.69. The van der Waals surface area contributed by atoms with Gasteiger partial charge in [0.2, 0.25) is 0 Å². The highest BCUT2D eigenvalue weighted by Gasteiger charge is 2.60. The summed E-state index contributed by atoms with van der Waals surface area (Å²) in [5.41, 5.74) is 1.77. The Hall–Kier alpha value is -1.45. The van der Waals surface area contributed by atoms with Crippen molar-refractivity contribution in [3.8, 4) is 0 Å². The summed E-state index contributed by atoms with van der Waals surface area (Å²) in [7, 11) is 0. The van der Waals surface area contributed by atoms with Crippen LogP contribution in [0.2, 0.25) is 0 Å². The number of ether oxygens (including phenoxy) is 3. The highest BCUT2D eigenvalue weighted by atomic mass is 16.6. The fraction of sp³-hybridized carbons (Fsp3) is 0.792. The minimum absolute atomic E-state index is 0.0343. The van der Waals surface area contributed by atoms with E-state index in [2.05, 4.69) is 19.9 Å². The molecule has 0 aromatic carbocycles. The molecule has 1 aliphatic heterocycles. The zero-order chi connectivity index (χ0) is 19.5. The van der Waals surface area contributed by atoms with E-state index in [0.717, 1.165) is 30.8 Å². The molecule has 0 radical (unpaired) electrons. The van der Waals surface area contributed by atoms with Gasteiger partial charge in [-0.1, -0.05) is 26.8 Å². The van der Waals surface area contributed by atoms with Gasteiger partial charge in [-0.2, -0.15) is 0 Å². The zero-order valence-electron chi connectivity index (χ0n) is 17.6. The number of fused-ring (bicyclic) bond motifs is 6. The van der Waals surface area contributed by atoms with Gasteiger partial charge in [0.05, 0.1) is 0 Å². The normalized spacial score (nSPS) is 44.2. The van der Waals surface area contributed by atoms with Crippen LogP contribution in [-0.4, -0.2) is 25.3 Å². The van der Waals surface area contributed by atoms with Gasteiger partial charge in [-0.15, -0.1) is 0 Å². The number of hydrogen-bond acceptors (Lipinski definition) is 4. The molecule has 154 valence electrons. The van der Waals surface area contributed by atoms with E-state index in [4.69, 9.17) is 14.2 Å². The lowest BCUT2D eigenvalue weighted by atomic mass is 9.48. The van der Waals surface area contributed by atoms with Crippen molar-refractivity contribution in [1.29, 1.82) is 0 Å². The van der Waals surface area contributed by atoms with E-state index in [-0.39, 0.29) is 22.9 Å². The van der Waals surface area contributed by atoms with Gasteiger partial charge in [-0.25, -0.2) is 0 Å². The fourth-order valence-corrected chi connectivity index (χ4v) is 7.40. The molecule has 0 spiro atoms. The third-order valence-electron chi connectivity index (χ3n) is 8.92. The fourth-order valence-electron chi connectivity index (χ4n) is 7.40. The van der Waals surface area contributed by atoms with Crippen LogP contribution < -0.4 is 0 Å². The van der Waals surface area contributed by atoms with Gasteiger partial charge in [-0.05, 0) is 67.3 Å². The first-order chi connectivity index (χ1) is 13.5. The van der Waals surface area contributed by atoms with Gasteiger partial charge >= 0.3 is 5.97 Å². The van der Waals surface area contributed by atoms with E-state index in [1.165, 1.54) is 31.3 Å². The third-order valence-corrected chi connectivity index (χ3v) is 8.92. The summed E-state index contributed by atoms with van der Waals surface area (Å²) in [6.45, 7) is 8.13. The van der Waals surface area contributed by atoms with Crippen LogP contribution in [0.3, 0.4) is 0 Å². The summed E-state index contributed by atoms with van der Waals surface area (Å²) >= 11 is 0. The second-order valence-electron chi connectivity index (χ2n) is 10.1. The Kier molecular flexibility index (Phi) is 4.33. The first-order valence-corrected chi connectivity index (χ1v) is 11.4. The van der Waals surface area contributed by atoms with E-state index in [0.29, 0.717) is 37.4 Å². The molecule has 0 saturated heterocycles. The molecule has 5 rings (SSSR count). The van der Waals surface area contributed by atoms with Crippen LogP contribution in [0.4, 0.5) is 0 Å². The van der Waals surface area contributed by atoms with Crippen molar-refractivity contribution in [2.75, 3.05) is 13.2 Å². The molecule has 2 fully saturated rings. The van der Waals surface area contributed by atoms with Gasteiger partial charge in [0.1, 0.15) is 25.1 Å². The Morgan fingerprint density at radius 3 is 2.79 bits per heavy atom. The maximum absolute atomic E-state index is 12.0. The molecule has 6 atom stereocenters. The average molecular weight is 387 g/mol. The SMILES string of the molecule is CCC(=O)O[C@H]1CC[C@H]2[C@@H]3CC=C4C5=C(CC[C@]4(C)[C@H]3CC[C@]12C)OCCO5. The lowest BCUT2D eigenvalue weighted by molar-refractivity contribution is -0.159. The topological polar surface area (TPSA) is 44.8 Å². The largest absolute Gasteiger partial charge is 0.491 e. The van der Waals surface area contributed by atoms with Gasteiger partial charge < -0.3 is 14.2 Å². The maximum Gasteiger partial charge on any atom is 0.305 e. The summed E-state index contributed by atoms with van der Waals surface area (Å²) < 4.78 is 17.9. The monoisotopic (exact) mass is 386 g/mol. The average Bonchev–Trinajstić information content (AvgIpc) is 3.03. The Morgan fingerprint density at radius 1 is 1.14 bits per heavy atom. The van der Waals surface area contributed by atoms with E-state index in [1.807, 2.05) is 6.92 Å². The summed E-state index contributed by atoms with van der Waals surface area (Å²) in [6, 6.07) is 0. The molecule has 0 bridgehead atoms. The quantitative estimate of drug-likeness (QED) is 0.617. The molecule has 4 nitrogen and oxygen atoms in total. The van der Waals surface area contributed by atoms with E-state index >= 15 is 0 Å². The minimum atomic E-state index is -0.0343. The number of allylic oxidation sites excluding steroid dienone is 3. The van der Waals surface area contributed by atoms with Gasteiger partial charge in [0, 0.05) is 18.3 Å². The Morgan fingerprint density at radius 2 is 1.96 bits per heavy atom. The lowest BCUT2D eigenvalue weighted by Gasteiger charge is -2.57. The van der Waals surface area contributed by atoms with Crippen LogP contribution in [0, 0.1) is 28.6 Å². The van der Waals surface area contributed by atoms with E-state index in [9.17, 15) is 4.79 Å². The predicted molar refractivity (Wildman–Crippen MR) is 106 cm³/mol. The molecule has 4 heteroatoms. The molecule has 2 saturated carbocycles. The number of carbonyl (C=O) groups is 1. The van der Waals surface area contributed by atoms with Crippen molar-refractivity contribution < 1.29 is 19.0 Å². The van der Waals surface area contributed by atoms with Crippen LogP contribution >= 0.6 is 0 Å². The van der Waals surface area contributed by atoms with Crippen LogP contribution in [0.5, 0.6) is 0 Å². The molecule has 1 heterocycles. The second-order valence-corrected chi connectivity index (χ2v) is 10.1. The van der Waals surface area contributed by atoms with Gasteiger partial charge in [0.25, 0.3) is 0 Å². The van der Waals surface area contributed by atoms with E-state index < -0.39 is 0 Å². The summed E-state index contributed by atoms with van der Waals surface area (Å²) in [4.78, 5) is 12.0. The van der Waals surface area contributed by atoms with Crippen molar-refractivity contribution in [2.45, 2.75) is 78.2 Å². The smallest absolute Gasteiger partial charge is 0.305 e. The number of rotatable bonds is 2. The summed E-state index contributed by atoms with van der Waals surface area (Å²) in [5, 5.41) is 0. The van der Waals surface area contributed by atoms with Crippen molar-refractivity contribution in [2.24, 2.45) is 28.6 Å². The van der Waals surface area contributed by atoms with Gasteiger partial charge in [0.15, 0.2) is 5.76 Å². The third kappa shape index (κ3) is 2.52. The Bertz CT molecular complexity index is 737. The minimum Gasteiger partial charge on any atom is -0.491 e. The van der Waals surface area contributed by atoms with Crippen LogP contribution in [-0.2, 0) is 19.0 Å². The predicted octanol–water partition coefficient (Wildman–Crippen LogP) is 5.14. The van der Waals surface area contributed by atoms with Crippen molar-refractivity contribution in [3.05, 3.63) is 23.2 Å². The standard InChI is InChI=1S/C24H34O4/c1-4-21(25)28-20-8-7-16-15-5-6-18-22-19(26-13-14-27-22)10-12-23(18,2)17(15)9-11-24(16,20)3/h6,15-17,20H,4-5,7-14H2,1-3H3/t15-,16-,17-,20-,23+,24-/m0/s1. The van der Waals surface area contributed by atoms with Crippen molar-refractivity contribution >= 4 is 5.97 Å². The molecule has 0 aromatic rings. The maximum atomic E-state index is 12.0. The Labute approximate surface area is 168 Å². The molecule has 4 aliphatic carbocycles. The lowest BCUT2D eigenvalue weighted by Crippen LogP contribution is -2.51. The second kappa shape index (κ2) is 6.53. The van der Waals surface area contributed by atoms with Crippen LogP contribution in [0.25, 0.3) is 0 Å². The molecule has 28 heavy (non-hydrogen) atoms. The molecule has 0 unspecified atom stereocenters. The molecule has 0 amide bonds. The molecular weight excluding hydrogens is 352 g/mol. The van der Waals surface area contributed by atoms with Crippen molar-refractivity contribution in [1.82, 2.24) is 0 Å². The number of hydrogen-bond donors (Lipinski definition) is 0. The first-order valence-electron chi connectivity index (χ1n) is 11.4. The molecular formula is C24H34O4. The Balaban J connectivity index is 1.44. The molecule has 0 N–H and O–H groups in total. The number of esters is 1. The molecule has 5 aliphatic rings. The van der Waals surface area contributed by atoms with Crippen LogP contribution in [0.1, 0.15) is 72.1 Å².